The summed E-state index contributed by atoms with van der Waals surface area (Å²) in [6, 6.07) is 10.4. The van der Waals surface area contributed by atoms with Gasteiger partial charge >= 0.3 is 5.63 Å². The minimum atomic E-state index is -0.385. The number of amides is 1. The van der Waals surface area contributed by atoms with Crippen LogP contribution in [0.5, 0.6) is 5.75 Å². The standard InChI is InChI=1S/C22H24N2O4/c1-13-10-21(25)28-20-9-14(2)18(12-17(13)20)24-22(26)16-6-7-19(27-3)15(11-16)5-4-8-23/h6-7,9-12H,4-5,8,23H2,1-3H3,(H,24,26). The molecule has 3 N–H and O–H groups in total. The molecule has 1 amide bonds. The van der Waals surface area contributed by atoms with E-state index in [1.165, 1.54) is 6.07 Å². The van der Waals surface area contributed by atoms with Crippen molar-refractivity contribution in [3.05, 3.63) is 69.1 Å². The molecule has 0 saturated carbocycles. The van der Waals surface area contributed by atoms with Gasteiger partial charge in [0.05, 0.1) is 7.11 Å². The number of benzene rings is 2. The van der Waals surface area contributed by atoms with Crippen molar-refractivity contribution in [2.75, 3.05) is 19.0 Å². The van der Waals surface area contributed by atoms with Gasteiger partial charge < -0.3 is 20.2 Å². The summed E-state index contributed by atoms with van der Waals surface area (Å²) in [5.74, 6) is 0.534. The van der Waals surface area contributed by atoms with Gasteiger partial charge in [0.15, 0.2) is 0 Å². The fourth-order valence-electron chi connectivity index (χ4n) is 3.20. The molecule has 0 spiro atoms. The number of aryl methyl sites for hydroxylation is 3. The third-order valence-corrected chi connectivity index (χ3v) is 4.74. The van der Waals surface area contributed by atoms with Crippen LogP contribution in [0.1, 0.15) is 33.5 Å². The number of ether oxygens (including phenoxy) is 1. The highest BCUT2D eigenvalue weighted by Gasteiger charge is 2.13. The number of methoxy groups -OCH3 is 1. The number of carbonyl (C=O) groups excluding carboxylic acids is 1. The zero-order chi connectivity index (χ0) is 20.3. The van der Waals surface area contributed by atoms with Gasteiger partial charge in [0.1, 0.15) is 11.3 Å². The average molecular weight is 380 g/mol. The highest BCUT2D eigenvalue weighted by molar-refractivity contribution is 6.06. The molecule has 0 unspecified atom stereocenters. The molecule has 0 fully saturated rings. The van der Waals surface area contributed by atoms with E-state index in [0.717, 1.165) is 40.7 Å². The number of rotatable bonds is 6. The summed E-state index contributed by atoms with van der Waals surface area (Å²) in [6.07, 6.45) is 1.56. The fraction of sp³-hybridized carbons (Fsp3) is 0.273. The molecule has 6 nitrogen and oxygen atoms in total. The van der Waals surface area contributed by atoms with Crippen LogP contribution in [0.25, 0.3) is 11.0 Å². The van der Waals surface area contributed by atoms with Crippen molar-refractivity contribution in [3.63, 3.8) is 0 Å². The van der Waals surface area contributed by atoms with Gasteiger partial charge in [0.2, 0.25) is 0 Å². The van der Waals surface area contributed by atoms with Gasteiger partial charge in [-0.05, 0) is 80.3 Å². The van der Waals surface area contributed by atoms with E-state index in [2.05, 4.69) is 5.32 Å². The third-order valence-electron chi connectivity index (χ3n) is 4.74. The Morgan fingerprint density at radius 2 is 1.93 bits per heavy atom. The van der Waals surface area contributed by atoms with Crippen LogP contribution in [0.4, 0.5) is 5.69 Å². The van der Waals surface area contributed by atoms with Gasteiger partial charge in [-0.3, -0.25) is 4.79 Å². The van der Waals surface area contributed by atoms with Crippen LogP contribution >= 0.6 is 0 Å². The summed E-state index contributed by atoms with van der Waals surface area (Å²) in [7, 11) is 1.61. The average Bonchev–Trinajstić information content (AvgIpc) is 2.67. The molecule has 28 heavy (non-hydrogen) atoms. The summed E-state index contributed by atoms with van der Waals surface area (Å²) >= 11 is 0. The number of hydrogen-bond acceptors (Lipinski definition) is 5. The monoisotopic (exact) mass is 380 g/mol. The minimum absolute atomic E-state index is 0.214. The number of carbonyl (C=O) groups is 1. The first-order chi connectivity index (χ1) is 13.4. The molecule has 1 aromatic heterocycles. The van der Waals surface area contributed by atoms with E-state index in [0.29, 0.717) is 23.4 Å². The molecule has 0 aliphatic heterocycles. The summed E-state index contributed by atoms with van der Waals surface area (Å²) in [6.45, 7) is 4.27. The molecule has 3 rings (SSSR count). The van der Waals surface area contributed by atoms with Crippen LogP contribution in [-0.2, 0) is 6.42 Å². The molecule has 0 saturated heterocycles. The second-order valence-electron chi connectivity index (χ2n) is 6.78. The molecule has 0 aliphatic carbocycles. The Kier molecular flexibility index (Phi) is 5.80. The van der Waals surface area contributed by atoms with Gasteiger partial charge in [-0.25, -0.2) is 4.79 Å². The number of hydrogen-bond donors (Lipinski definition) is 2. The van der Waals surface area contributed by atoms with E-state index in [1.807, 2.05) is 26.0 Å². The molecule has 0 atom stereocenters. The van der Waals surface area contributed by atoms with E-state index < -0.39 is 0 Å². The van der Waals surface area contributed by atoms with E-state index in [9.17, 15) is 9.59 Å². The first-order valence-electron chi connectivity index (χ1n) is 9.16. The number of anilines is 1. The van der Waals surface area contributed by atoms with Crippen LogP contribution in [0, 0.1) is 13.8 Å². The zero-order valence-corrected chi connectivity index (χ0v) is 16.3. The number of nitrogens with two attached hydrogens (primary N) is 1. The topological polar surface area (TPSA) is 94.6 Å². The summed E-state index contributed by atoms with van der Waals surface area (Å²) in [5, 5.41) is 3.75. The molecule has 0 bridgehead atoms. The third kappa shape index (κ3) is 4.07. The van der Waals surface area contributed by atoms with Crippen molar-refractivity contribution in [1.29, 1.82) is 0 Å². The lowest BCUT2D eigenvalue weighted by Gasteiger charge is -2.13. The molecule has 0 aliphatic rings. The van der Waals surface area contributed by atoms with Gasteiger partial charge in [0, 0.05) is 22.7 Å². The van der Waals surface area contributed by atoms with E-state index >= 15 is 0 Å². The van der Waals surface area contributed by atoms with Crippen LogP contribution in [0.15, 0.2) is 45.6 Å². The van der Waals surface area contributed by atoms with E-state index in [4.69, 9.17) is 14.9 Å². The maximum Gasteiger partial charge on any atom is 0.336 e. The van der Waals surface area contributed by atoms with Crippen LogP contribution in [-0.4, -0.2) is 19.6 Å². The summed E-state index contributed by atoms with van der Waals surface area (Å²) in [5.41, 5.74) is 9.51. The minimum Gasteiger partial charge on any atom is -0.496 e. The molecule has 6 heteroatoms. The first kappa shape index (κ1) is 19.6. The van der Waals surface area contributed by atoms with E-state index in [-0.39, 0.29) is 11.5 Å². The molecular formula is C22H24N2O4. The molecule has 1 heterocycles. The Morgan fingerprint density at radius 1 is 1.14 bits per heavy atom. The molecular weight excluding hydrogens is 356 g/mol. The van der Waals surface area contributed by atoms with Gasteiger partial charge in [-0.15, -0.1) is 0 Å². The lowest BCUT2D eigenvalue weighted by atomic mass is 10.0. The van der Waals surface area contributed by atoms with Crippen molar-refractivity contribution in [3.8, 4) is 5.75 Å². The second kappa shape index (κ2) is 8.27. The molecule has 3 aromatic rings. The first-order valence-corrected chi connectivity index (χ1v) is 9.16. The Labute approximate surface area is 163 Å². The quantitative estimate of drug-likeness (QED) is 0.638. The summed E-state index contributed by atoms with van der Waals surface area (Å²) < 4.78 is 10.6. The normalized spacial score (nSPS) is 10.9. The molecule has 0 radical (unpaired) electrons. The maximum atomic E-state index is 12.8. The Bertz CT molecular complexity index is 1090. The highest BCUT2D eigenvalue weighted by Crippen LogP contribution is 2.26. The smallest absolute Gasteiger partial charge is 0.336 e. The highest BCUT2D eigenvalue weighted by atomic mass is 16.5. The molecule has 146 valence electrons. The van der Waals surface area contributed by atoms with Crippen molar-refractivity contribution < 1.29 is 13.9 Å². The predicted molar refractivity (Wildman–Crippen MR) is 110 cm³/mol. The van der Waals surface area contributed by atoms with Crippen molar-refractivity contribution in [1.82, 2.24) is 0 Å². The van der Waals surface area contributed by atoms with E-state index in [1.54, 1.807) is 25.3 Å². The van der Waals surface area contributed by atoms with Crippen molar-refractivity contribution in [2.45, 2.75) is 26.7 Å². The van der Waals surface area contributed by atoms with Gasteiger partial charge in [0.25, 0.3) is 5.91 Å². The molecule has 2 aromatic carbocycles. The van der Waals surface area contributed by atoms with Crippen molar-refractivity contribution in [2.24, 2.45) is 5.73 Å². The van der Waals surface area contributed by atoms with Crippen LogP contribution in [0.3, 0.4) is 0 Å². The fourth-order valence-corrected chi connectivity index (χ4v) is 3.20. The Morgan fingerprint density at radius 3 is 2.64 bits per heavy atom. The number of fused-ring (bicyclic) bond motifs is 1. The van der Waals surface area contributed by atoms with Crippen LogP contribution < -0.4 is 21.4 Å². The van der Waals surface area contributed by atoms with Gasteiger partial charge in [-0.1, -0.05) is 0 Å². The lowest BCUT2D eigenvalue weighted by molar-refractivity contribution is 0.102. The maximum absolute atomic E-state index is 12.8. The Balaban J connectivity index is 1.92. The zero-order valence-electron chi connectivity index (χ0n) is 16.3. The second-order valence-corrected chi connectivity index (χ2v) is 6.78. The Hall–Kier alpha value is -3.12. The largest absolute Gasteiger partial charge is 0.496 e. The van der Waals surface area contributed by atoms with Gasteiger partial charge in [-0.2, -0.15) is 0 Å². The van der Waals surface area contributed by atoms with Crippen molar-refractivity contribution >= 4 is 22.6 Å². The number of nitrogens with one attached hydrogen (secondary N) is 1. The summed E-state index contributed by atoms with van der Waals surface area (Å²) in [4.78, 5) is 24.4. The lowest BCUT2D eigenvalue weighted by Crippen LogP contribution is -2.14. The van der Waals surface area contributed by atoms with Crippen LogP contribution in [0.2, 0.25) is 0 Å². The SMILES string of the molecule is COc1ccc(C(=O)Nc2cc3c(C)cc(=O)oc3cc2C)cc1CCCN. The predicted octanol–water partition coefficient (Wildman–Crippen LogP) is 3.56.